The predicted molar refractivity (Wildman–Crippen MR) is 108 cm³/mol. The first-order chi connectivity index (χ1) is 13.1. The van der Waals surface area contributed by atoms with E-state index in [2.05, 4.69) is 29.0 Å². The molecule has 0 spiro atoms. The van der Waals surface area contributed by atoms with Gasteiger partial charge in [-0.3, -0.25) is 4.79 Å². The Morgan fingerprint density at radius 1 is 1.04 bits per heavy atom. The van der Waals surface area contributed by atoms with Gasteiger partial charge in [0.25, 0.3) is 5.91 Å². The first-order valence-corrected chi connectivity index (χ1v) is 9.33. The predicted octanol–water partition coefficient (Wildman–Crippen LogP) is 3.66. The van der Waals surface area contributed by atoms with Crippen molar-refractivity contribution in [3.8, 4) is 11.5 Å². The van der Waals surface area contributed by atoms with Crippen LogP contribution in [0.3, 0.4) is 0 Å². The molecule has 0 unspecified atom stereocenters. The number of aromatic nitrogens is 1. The highest BCUT2D eigenvalue weighted by Gasteiger charge is 2.10. The minimum absolute atomic E-state index is 0.152. The van der Waals surface area contributed by atoms with Crippen LogP contribution in [0.5, 0.6) is 11.5 Å². The first-order valence-electron chi connectivity index (χ1n) is 9.33. The summed E-state index contributed by atoms with van der Waals surface area (Å²) >= 11 is 0. The molecule has 27 heavy (non-hydrogen) atoms. The standard InChI is InChI=1S/C21H29N3O3/c1-5-11-24(12-6-2)20-10-8-17(15-22-20)21(25)23-14-16-7-9-18(26-3)19(13-16)27-4/h7-10,13,15H,5-6,11-12,14H2,1-4H3,(H,23,25). The third-order valence-electron chi connectivity index (χ3n) is 4.22. The highest BCUT2D eigenvalue weighted by Crippen LogP contribution is 2.27. The van der Waals surface area contributed by atoms with E-state index in [0.717, 1.165) is 37.3 Å². The molecule has 2 rings (SSSR count). The Hall–Kier alpha value is -2.76. The molecular weight excluding hydrogens is 342 g/mol. The molecule has 146 valence electrons. The molecule has 1 aromatic heterocycles. The normalized spacial score (nSPS) is 10.4. The second-order valence-electron chi connectivity index (χ2n) is 6.26. The number of pyridine rings is 1. The molecule has 0 aliphatic heterocycles. The van der Waals surface area contributed by atoms with Crippen molar-refractivity contribution >= 4 is 11.7 Å². The summed E-state index contributed by atoms with van der Waals surface area (Å²) in [5, 5.41) is 2.91. The van der Waals surface area contributed by atoms with E-state index in [1.807, 2.05) is 30.3 Å². The summed E-state index contributed by atoms with van der Waals surface area (Å²) in [7, 11) is 3.19. The van der Waals surface area contributed by atoms with Crippen LogP contribution < -0.4 is 19.7 Å². The number of carbonyl (C=O) groups is 1. The van der Waals surface area contributed by atoms with Crippen molar-refractivity contribution < 1.29 is 14.3 Å². The lowest BCUT2D eigenvalue weighted by Gasteiger charge is -2.22. The van der Waals surface area contributed by atoms with E-state index in [9.17, 15) is 4.79 Å². The second-order valence-corrected chi connectivity index (χ2v) is 6.26. The number of nitrogens with one attached hydrogen (secondary N) is 1. The molecule has 0 fully saturated rings. The summed E-state index contributed by atoms with van der Waals surface area (Å²) in [5.41, 5.74) is 1.48. The van der Waals surface area contributed by atoms with Crippen LogP contribution in [0.25, 0.3) is 0 Å². The Labute approximate surface area is 161 Å². The van der Waals surface area contributed by atoms with Crippen molar-refractivity contribution in [3.63, 3.8) is 0 Å². The lowest BCUT2D eigenvalue weighted by Crippen LogP contribution is -2.26. The number of hydrogen-bond acceptors (Lipinski definition) is 5. The number of rotatable bonds is 10. The third kappa shape index (κ3) is 5.61. The van der Waals surface area contributed by atoms with Crippen molar-refractivity contribution in [1.82, 2.24) is 10.3 Å². The lowest BCUT2D eigenvalue weighted by atomic mass is 10.2. The summed E-state index contributed by atoms with van der Waals surface area (Å²) in [6.07, 6.45) is 3.77. The van der Waals surface area contributed by atoms with E-state index in [4.69, 9.17) is 9.47 Å². The van der Waals surface area contributed by atoms with Crippen LogP contribution in [0, 0.1) is 0 Å². The van der Waals surface area contributed by atoms with Gasteiger partial charge in [0, 0.05) is 25.8 Å². The molecule has 1 amide bonds. The second kappa shape index (κ2) is 10.4. The molecule has 6 nitrogen and oxygen atoms in total. The summed E-state index contributed by atoms with van der Waals surface area (Å²) in [6.45, 7) is 6.63. The van der Waals surface area contributed by atoms with Gasteiger partial charge in [0.1, 0.15) is 5.82 Å². The highest BCUT2D eigenvalue weighted by atomic mass is 16.5. The average molecular weight is 371 g/mol. The monoisotopic (exact) mass is 371 g/mol. The Morgan fingerprint density at radius 2 is 1.74 bits per heavy atom. The van der Waals surface area contributed by atoms with Crippen LogP contribution >= 0.6 is 0 Å². The van der Waals surface area contributed by atoms with Crippen LogP contribution in [-0.4, -0.2) is 38.2 Å². The zero-order chi connectivity index (χ0) is 19.6. The number of carbonyl (C=O) groups excluding carboxylic acids is 1. The topological polar surface area (TPSA) is 63.7 Å². The molecule has 1 aromatic carbocycles. The molecule has 0 radical (unpaired) electrons. The van der Waals surface area contributed by atoms with Crippen LogP contribution in [0.2, 0.25) is 0 Å². The molecule has 0 saturated heterocycles. The average Bonchev–Trinajstić information content (AvgIpc) is 2.71. The van der Waals surface area contributed by atoms with Gasteiger partial charge in [0.15, 0.2) is 11.5 Å². The Balaban J connectivity index is 1.99. The minimum Gasteiger partial charge on any atom is -0.493 e. The molecule has 0 saturated carbocycles. The number of amides is 1. The van der Waals surface area contributed by atoms with Crippen molar-refractivity contribution in [3.05, 3.63) is 47.7 Å². The van der Waals surface area contributed by atoms with E-state index in [0.29, 0.717) is 23.6 Å². The van der Waals surface area contributed by atoms with Crippen molar-refractivity contribution in [2.75, 3.05) is 32.2 Å². The van der Waals surface area contributed by atoms with Crippen LogP contribution in [-0.2, 0) is 6.54 Å². The van der Waals surface area contributed by atoms with Crippen LogP contribution in [0.1, 0.15) is 42.6 Å². The fourth-order valence-electron chi connectivity index (χ4n) is 2.86. The van der Waals surface area contributed by atoms with E-state index in [1.54, 1.807) is 20.4 Å². The van der Waals surface area contributed by atoms with Gasteiger partial charge >= 0.3 is 0 Å². The van der Waals surface area contributed by atoms with Gasteiger partial charge in [-0.2, -0.15) is 0 Å². The van der Waals surface area contributed by atoms with E-state index < -0.39 is 0 Å². The molecule has 0 atom stereocenters. The highest BCUT2D eigenvalue weighted by molar-refractivity contribution is 5.94. The fourth-order valence-corrected chi connectivity index (χ4v) is 2.86. The smallest absolute Gasteiger partial charge is 0.253 e. The fraction of sp³-hybridized carbons (Fsp3) is 0.429. The maximum atomic E-state index is 12.4. The minimum atomic E-state index is -0.152. The number of nitrogens with zero attached hydrogens (tertiary/aromatic N) is 2. The lowest BCUT2D eigenvalue weighted by molar-refractivity contribution is 0.0950. The van der Waals surface area contributed by atoms with Gasteiger partial charge in [-0.25, -0.2) is 4.98 Å². The van der Waals surface area contributed by atoms with Gasteiger partial charge in [-0.05, 0) is 42.7 Å². The van der Waals surface area contributed by atoms with Crippen molar-refractivity contribution in [2.45, 2.75) is 33.2 Å². The number of hydrogen-bond donors (Lipinski definition) is 1. The van der Waals surface area contributed by atoms with Gasteiger partial charge in [0.05, 0.1) is 19.8 Å². The number of anilines is 1. The van der Waals surface area contributed by atoms with Crippen molar-refractivity contribution in [1.29, 1.82) is 0 Å². The maximum absolute atomic E-state index is 12.4. The summed E-state index contributed by atoms with van der Waals surface area (Å²) in [5.74, 6) is 2.06. The number of ether oxygens (including phenoxy) is 2. The molecule has 6 heteroatoms. The summed E-state index contributed by atoms with van der Waals surface area (Å²) < 4.78 is 10.5. The molecule has 0 bridgehead atoms. The SMILES string of the molecule is CCCN(CCC)c1ccc(C(=O)NCc2ccc(OC)c(OC)c2)cn1. The third-order valence-corrected chi connectivity index (χ3v) is 4.22. The van der Waals surface area contributed by atoms with Gasteiger partial charge < -0.3 is 19.7 Å². The van der Waals surface area contributed by atoms with E-state index >= 15 is 0 Å². The Morgan fingerprint density at radius 3 is 2.30 bits per heavy atom. The quantitative estimate of drug-likeness (QED) is 0.691. The van der Waals surface area contributed by atoms with Crippen molar-refractivity contribution in [2.24, 2.45) is 0 Å². The molecule has 1 N–H and O–H groups in total. The number of methoxy groups -OCH3 is 2. The van der Waals surface area contributed by atoms with Crippen LogP contribution in [0.4, 0.5) is 5.82 Å². The van der Waals surface area contributed by atoms with E-state index in [-0.39, 0.29) is 5.91 Å². The van der Waals surface area contributed by atoms with Gasteiger partial charge in [-0.1, -0.05) is 19.9 Å². The maximum Gasteiger partial charge on any atom is 0.253 e. The zero-order valence-corrected chi connectivity index (χ0v) is 16.6. The van der Waals surface area contributed by atoms with Crippen LogP contribution in [0.15, 0.2) is 36.5 Å². The van der Waals surface area contributed by atoms with Gasteiger partial charge in [0.2, 0.25) is 0 Å². The van der Waals surface area contributed by atoms with E-state index in [1.165, 1.54) is 0 Å². The number of benzene rings is 1. The molecule has 0 aliphatic carbocycles. The summed E-state index contributed by atoms with van der Waals surface area (Å²) in [6, 6.07) is 9.32. The molecule has 2 aromatic rings. The largest absolute Gasteiger partial charge is 0.493 e. The molecular formula is C21H29N3O3. The zero-order valence-electron chi connectivity index (χ0n) is 16.6. The Kier molecular flexibility index (Phi) is 7.92. The molecule has 0 aliphatic rings. The first kappa shape index (κ1) is 20.6. The molecule has 1 heterocycles. The Bertz CT molecular complexity index is 726. The van der Waals surface area contributed by atoms with Gasteiger partial charge in [-0.15, -0.1) is 0 Å². The summed E-state index contributed by atoms with van der Waals surface area (Å²) in [4.78, 5) is 19.1.